The van der Waals surface area contributed by atoms with Crippen LogP contribution in [-0.2, 0) is 11.2 Å². The molecule has 0 fully saturated rings. The number of anilines is 1. The number of rotatable bonds is 8. The average Bonchev–Trinajstić information content (AvgIpc) is 2.59. The third-order valence-electron chi connectivity index (χ3n) is 4.86. The van der Waals surface area contributed by atoms with Gasteiger partial charge < -0.3 is 15.1 Å². The van der Waals surface area contributed by atoms with Crippen LogP contribution >= 0.6 is 0 Å². The Morgan fingerprint density at radius 1 is 1.07 bits per heavy atom. The van der Waals surface area contributed by atoms with Crippen molar-refractivity contribution in [1.82, 2.24) is 10.2 Å². The standard InChI is InChI=1S/C23H37N3O2/c1-16(2)13-26(14-17(3)4)22(27)15-25-12-8-10-19-20(9-7-11-21(19)25)23(28)24-18(5)6/h7,9,11,16-18H,8,10,12-15H2,1-6H3,(H,24,28). The predicted molar refractivity (Wildman–Crippen MR) is 116 cm³/mol. The van der Waals surface area contributed by atoms with E-state index in [9.17, 15) is 9.59 Å². The highest BCUT2D eigenvalue weighted by molar-refractivity contribution is 5.97. The number of benzene rings is 1. The zero-order valence-corrected chi connectivity index (χ0v) is 18.4. The van der Waals surface area contributed by atoms with Crippen molar-refractivity contribution in [3.8, 4) is 0 Å². The van der Waals surface area contributed by atoms with E-state index in [1.165, 1.54) is 0 Å². The van der Waals surface area contributed by atoms with Crippen molar-refractivity contribution in [2.75, 3.05) is 31.1 Å². The first-order chi connectivity index (χ1) is 13.2. The minimum absolute atomic E-state index is 0.0266. The Kier molecular flexibility index (Phi) is 7.90. The fourth-order valence-electron chi connectivity index (χ4n) is 3.84. The highest BCUT2D eigenvalue weighted by atomic mass is 16.2. The monoisotopic (exact) mass is 387 g/mol. The first-order valence-corrected chi connectivity index (χ1v) is 10.6. The van der Waals surface area contributed by atoms with Crippen molar-refractivity contribution < 1.29 is 9.59 Å². The second-order valence-electron chi connectivity index (χ2n) is 9.04. The zero-order valence-electron chi connectivity index (χ0n) is 18.4. The van der Waals surface area contributed by atoms with Crippen LogP contribution in [0.2, 0.25) is 0 Å². The smallest absolute Gasteiger partial charge is 0.251 e. The van der Waals surface area contributed by atoms with Gasteiger partial charge in [0.1, 0.15) is 0 Å². The largest absolute Gasteiger partial charge is 0.362 e. The summed E-state index contributed by atoms with van der Waals surface area (Å²) in [5, 5.41) is 2.99. The Morgan fingerprint density at radius 2 is 1.71 bits per heavy atom. The number of fused-ring (bicyclic) bond motifs is 1. The zero-order chi connectivity index (χ0) is 20.8. The van der Waals surface area contributed by atoms with Gasteiger partial charge in [0.05, 0.1) is 6.54 Å². The van der Waals surface area contributed by atoms with E-state index >= 15 is 0 Å². The molecule has 0 saturated heterocycles. The highest BCUT2D eigenvalue weighted by Gasteiger charge is 2.26. The summed E-state index contributed by atoms with van der Waals surface area (Å²) in [6.45, 7) is 15.3. The molecule has 0 atom stereocenters. The molecule has 1 aliphatic heterocycles. The fraction of sp³-hybridized carbons (Fsp3) is 0.652. The Balaban J connectivity index is 2.21. The number of nitrogens with one attached hydrogen (secondary N) is 1. The Morgan fingerprint density at radius 3 is 2.29 bits per heavy atom. The first kappa shape index (κ1) is 22.3. The number of hydrogen-bond donors (Lipinski definition) is 1. The molecular formula is C23H37N3O2. The molecule has 1 N–H and O–H groups in total. The number of amides is 2. The normalized spacial score (nSPS) is 13.8. The van der Waals surface area contributed by atoms with Crippen LogP contribution in [0.3, 0.4) is 0 Å². The lowest BCUT2D eigenvalue weighted by atomic mass is 9.95. The van der Waals surface area contributed by atoms with Crippen molar-refractivity contribution in [2.24, 2.45) is 11.8 Å². The maximum atomic E-state index is 13.1. The fourth-order valence-corrected chi connectivity index (χ4v) is 3.84. The summed E-state index contributed by atoms with van der Waals surface area (Å²) in [4.78, 5) is 29.8. The first-order valence-electron chi connectivity index (χ1n) is 10.6. The minimum atomic E-state index is -0.0266. The van der Waals surface area contributed by atoms with Crippen molar-refractivity contribution in [3.05, 3.63) is 29.3 Å². The summed E-state index contributed by atoms with van der Waals surface area (Å²) in [6, 6.07) is 5.97. The molecule has 0 saturated carbocycles. The van der Waals surface area contributed by atoms with E-state index in [0.717, 1.165) is 49.3 Å². The molecule has 2 amide bonds. The molecule has 0 aliphatic carbocycles. The predicted octanol–water partition coefficient (Wildman–Crippen LogP) is 3.72. The van der Waals surface area contributed by atoms with Gasteiger partial charge in [-0.15, -0.1) is 0 Å². The molecule has 2 rings (SSSR count). The van der Waals surface area contributed by atoms with E-state index in [4.69, 9.17) is 0 Å². The third kappa shape index (κ3) is 5.98. The summed E-state index contributed by atoms with van der Waals surface area (Å²) < 4.78 is 0. The Labute approximate surface area is 170 Å². The lowest BCUT2D eigenvalue weighted by Gasteiger charge is -2.34. The molecule has 1 heterocycles. The van der Waals surface area contributed by atoms with Crippen molar-refractivity contribution >= 4 is 17.5 Å². The maximum absolute atomic E-state index is 13.1. The summed E-state index contributed by atoms with van der Waals surface area (Å²) in [6.07, 6.45) is 1.84. The lowest BCUT2D eigenvalue weighted by molar-refractivity contribution is -0.130. The summed E-state index contributed by atoms with van der Waals surface area (Å²) in [7, 11) is 0. The molecule has 0 unspecified atom stereocenters. The van der Waals surface area contributed by atoms with E-state index in [1.807, 2.05) is 36.9 Å². The average molecular weight is 388 g/mol. The van der Waals surface area contributed by atoms with Crippen LogP contribution < -0.4 is 10.2 Å². The number of hydrogen-bond acceptors (Lipinski definition) is 3. The van der Waals surface area contributed by atoms with Crippen LogP contribution in [0.4, 0.5) is 5.69 Å². The molecule has 5 heteroatoms. The molecule has 1 aromatic carbocycles. The second-order valence-corrected chi connectivity index (χ2v) is 9.04. The number of nitrogens with zero attached hydrogens (tertiary/aromatic N) is 2. The van der Waals surface area contributed by atoms with Crippen molar-refractivity contribution in [2.45, 2.75) is 60.4 Å². The number of carbonyl (C=O) groups excluding carboxylic acids is 2. The van der Waals surface area contributed by atoms with Crippen LogP contribution in [0.15, 0.2) is 18.2 Å². The van der Waals surface area contributed by atoms with Gasteiger partial charge in [-0.1, -0.05) is 33.8 Å². The highest BCUT2D eigenvalue weighted by Crippen LogP contribution is 2.30. The number of carbonyl (C=O) groups is 2. The molecule has 1 aromatic rings. The minimum Gasteiger partial charge on any atom is -0.362 e. The van der Waals surface area contributed by atoms with Gasteiger partial charge in [-0.3, -0.25) is 9.59 Å². The molecular weight excluding hydrogens is 350 g/mol. The van der Waals surface area contributed by atoms with Gasteiger partial charge >= 0.3 is 0 Å². The van der Waals surface area contributed by atoms with Gasteiger partial charge in [-0.05, 0) is 56.2 Å². The van der Waals surface area contributed by atoms with Crippen molar-refractivity contribution in [3.63, 3.8) is 0 Å². The van der Waals surface area contributed by atoms with Gasteiger partial charge in [0, 0.05) is 36.9 Å². The molecule has 28 heavy (non-hydrogen) atoms. The van der Waals surface area contributed by atoms with E-state index in [0.29, 0.717) is 18.4 Å². The molecule has 0 radical (unpaired) electrons. The van der Waals surface area contributed by atoms with Crippen LogP contribution in [0.25, 0.3) is 0 Å². The van der Waals surface area contributed by atoms with E-state index < -0.39 is 0 Å². The van der Waals surface area contributed by atoms with Crippen LogP contribution in [-0.4, -0.2) is 48.9 Å². The quantitative estimate of drug-likeness (QED) is 0.740. The summed E-state index contributed by atoms with van der Waals surface area (Å²) in [5.41, 5.74) is 2.84. The van der Waals surface area contributed by atoms with E-state index in [-0.39, 0.29) is 17.9 Å². The molecule has 0 aromatic heterocycles. The summed E-state index contributed by atoms with van der Waals surface area (Å²) in [5.74, 6) is 1.04. The van der Waals surface area contributed by atoms with Crippen molar-refractivity contribution in [1.29, 1.82) is 0 Å². The third-order valence-corrected chi connectivity index (χ3v) is 4.86. The van der Waals surface area contributed by atoms with Crippen LogP contribution in [0, 0.1) is 11.8 Å². The van der Waals surface area contributed by atoms with Gasteiger partial charge in [0.25, 0.3) is 5.91 Å². The van der Waals surface area contributed by atoms with E-state index in [1.54, 1.807) is 0 Å². The molecule has 1 aliphatic rings. The molecule has 5 nitrogen and oxygen atoms in total. The Hall–Kier alpha value is -2.04. The summed E-state index contributed by atoms with van der Waals surface area (Å²) >= 11 is 0. The van der Waals surface area contributed by atoms with Crippen LogP contribution in [0.5, 0.6) is 0 Å². The molecule has 156 valence electrons. The van der Waals surface area contributed by atoms with Gasteiger partial charge in [0.2, 0.25) is 5.91 Å². The van der Waals surface area contributed by atoms with Crippen LogP contribution in [0.1, 0.15) is 63.9 Å². The molecule has 0 bridgehead atoms. The molecule has 0 spiro atoms. The lowest BCUT2D eigenvalue weighted by Crippen LogP contribution is -2.45. The topological polar surface area (TPSA) is 52.7 Å². The van der Waals surface area contributed by atoms with Gasteiger partial charge in [-0.25, -0.2) is 0 Å². The Bertz CT molecular complexity index is 672. The second kappa shape index (κ2) is 9.94. The van der Waals surface area contributed by atoms with E-state index in [2.05, 4.69) is 37.9 Å². The van der Waals surface area contributed by atoms with Gasteiger partial charge in [-0.2, -0.15) is 0 Å². The maximum Gasteiger partial charge on any atom is 0.251 e. The van der Waals surface area contributed by atoms with Gasteiger partial charge in [0.15, 0.2) is 0 Å². The SMILES string of the molecule is CC(C)CN(CC(C)C)C(=O)CN1CCCc2c(C(=O)NC(C)C)cccc21.